The van der Waals surface area contributed by atoms with Crippen molar-refractivity contribution in [3.05, 3.63) is 112 Å². The van der Waals surface area contributed by atoms with Crippen molar-refractivity contribution < 1.29 is 4.52 Å². The van der Waals surface area contributed by atoms with Crippen molar-refractivity contribution in [1.82, 2.24) is 20.4 Å². The molecule has 2 heterocycles. The van der Waals surface area contributed by atoms with Crippen molar-refractivity contribution >= 4 is 34.5 Å². The highest BCUT2D eigenvalue weighted by Gasteiger charge is 2.34. The van der Waals surface area contributed by atoms with E-state index in [4.69, 9.17) is 33.3 Å². The Bertz CT molecular complexity index is 1380. The number of halogens is 1. The highest BCUT2D eigenvalue weighted by atomic mass is 35.5. The van der Waals surface area contributed by atoms with E-state index in [9.17, 15) is 0 Å². The molecule has 1 aliphatic rings. The molecule has 5 rings (SSSR count). The summed E-state index contributed by atoms with van der Waals surface area (Å²) in [6.07, 6.45) is 0. The fourth-order valence-electron chi connectivity index (χ4n) is 4.22. The Labute approximate surface area is 209 Å². The molecule has 0 saturated carbocycles. The van der Waals surface area contributed by atoms with E-state index in [0.717, 1.165) is 22.4 Å². The Hall–Kier alpha value is -3.48. The number of nitrogens with zero attached hydrogens (tertiary/aromatic N) is 3. The van der Waals surface area contributed by atoms with Gasteiger partial charge in [0.25, 0.3) is 5.89 Å². The Morgan fingerprint density at radius 2 is 1.79 bits per heavy atom. The molecule has 0 spiro atoms. The lowest BCUT2D eigenvalue weighted by Crippen LogP contribution is -2.45. The van der Waals surface area contributed by atoms with Gasteiger partial charge in [0.2, 0.25) is 5.82 Å². The van der Waals surface area contributed by atoms with Crippen LogP contribution in [0.15, 0.2) is 89.1 Å². The van der Waals surface area contributed by atoms with Gasteiger partial charge in [-0.25, -0.2) is 0 Å². The zero-order valence-electron chi connectivity index (χ0n) is 18.8. The van der Waals surface area contributed by atoms with Crippen molar-refractivity contribution in [2.75, 3.05) is 0 Å². The molecular formula is C27H23ClN4OS. The molecule has 0 amide bonds. The Balaban J connectivity index is 1.61. The maximum Gasteiger partial charge on any atom is 0.258 e. The van der Waals surface area contributed by atoms with E-state index in [1.807, 2.05) is 61.5 Å². The van der Waals surface area contributed by atoms with E-state index < -0.39 is 0 Å². The van der Waals surface area contributed by atoms with E-state index in [1.54, 1.807) is 0 Å². The number of hydrogen-bond acceptors (Lipinski definition) is 4. The largest absolute Gasteiger partial charge is 0.351 e. The zero-order chi connectivity index (χ0) is 23.7. The molecule has 1 aliphatic heterocycles. The van der Waals surface area contributed by atoms with E-state index in [-0.39, 0.29) is 6.04 Å². The maximum atomic E-state index is 6.33. The summed E-state index contributed by atoms with van der Waals surface area (Å²) in [7, 11) is 0. The second-order valence-corrected chi connectivity index (χ2v) is 9.12. The number of allylic oxidation sites excluding steroid dienone is 1. The molecule has 0 saturated heterocycles. The number of aryl methyl sites for hydroxylation is 1. The van der Waals surface area contributed by atoms with Crippen LogP contribution < -0.4 is 5.32 Å². The van der Waals surface area contributed by atoms with E-state index >= 15 is 0 Å². The third-order valence-electron chi connectivity index (χ3n) is 5.89. The number of aromatic nitrogens is 2. The van der Waals surface area contributed by atoms with E-state index in [2.05, 4.69) is 46.6 Å². The Morgan fingerprint density at radius 1 is 1.00 bits per heavy atom. The van der Waals surface area contributed by atoms with Crippen LogP contribution in [0.5, 0.6) is 0 Å². The van der Waals surface area contributed by atoms with Gasteiger partial charge in [0.1, 0.15) is 0 Å². The molecule has 34 heavy (non-hydrogen) atoms. The summed E-state index contributed by atoms with van der Waals surface area (Å²) < 4.78 is 5.80. The van der Waals surface area contributed by atoms with Crippen molar-refractivity contribution in [1.29, 1.82) is 0 Å². The summed E-state index contributed by atoms with van der Waals surface area (Å²) in [5.74, 6) is 0.990. The monoisotopic (exact) mass is 486 g/mol. The first-order valence-corrected chi connectivity index (χ1v) is 11.8. The van der Waals surface area contributed by atoms with Crippen LogP contribution in [0.2, 0.25) is 5.02 Å². The van der Waals surface area contributed by atoms with Crippen LogP contribution in [0.25, 0.3) is 17.0 Å². The SMILES string of the molecule is CC1=C(c2nc(-c3ccccc3)no2)C(c2cccc(Cl)c2)NC(=S)N1Cc1cccc(C)c1. The van der Waals surface area contributed by atoms with E-state index in [1.165, 1.54) is 11.1 Å². The third-order valence-corrected chi connectivity index (χ3v) is 6.46. The van der Waals surface area contributed by atoms with Gasteiger partial charge in [0.05, 0.1) is 11.6 Å². The highest BCUT2D eigenvalue weighted by molar-refractivity contribution is 7.80. The van der Waals surface area contributed by atoms with Crippen LogP contribution in [0, 0.1) is 6.92 Å². The lowest BCUT2D eigenvalue weighted by atomic mass is 9.94. The fourth-order valence-corrected chi connectivity index (χ4v) is 4.73. The molecule has 0 bridgehead atoms. The Kier molecular flexibility index (Phi) is 6.18. The van der Waals surface area contributed by atoms with Gasteiger partial charge < -0.3 is 14.7 Å². The normalized spacial score (nSPS) is 16.0. The highest BCUT2D eigenvalue weighted by Crippen LogP contribution is 2.38. The Morgan fingerprint density at radius 3 is 2.56 bits per heavy atom. The van der Waals surface area contributed by atoms with Crippen LogP contribution >= 0.6 is 23.8 Å². The molecule has 5 nitrogen and oxygen atoms in total. The summed E-state index contributed by atoms with van der Waals surface area (Å²) >= 11 is 12.1. The number of thiocarbonyl (C=S) groups is 1. The number of nitrogens with one attached hydrogen (secondary N) is 1. The van der Waals surface area contributed by atoms with Crippen molar-refractivity contribution in [3.63, 3.8) is 0 Å². The van der Waals surface area contributed by atoms with Crippen LogP contribution in [0.4, 0.5) is 0 Å². The van der Waals surface area contributed by atoms with Gasteiger partial charge >= 0.3 is 0 Å². The van der Waals surface area contributed by atoms with Crippen LogP contribution in [0.1, 0.15) is 35.5 Å². The molecule has 0 fully saturated rings. The van der Waals surface area contributed by atoms with Gasteiger partial charge in [-0.2, -0.15) is 4.98 Å². The van der Waals surface area contributed by atoms with Gasteiger partial charge in [-0.3, -0.25) is 0 Å². The van der Waals surface area contributed by atoms with Gasteiger partial charge in [-0.1, -0.05) is 89.1 Å². The maximum absolute atomic E-state index is 6.33. The molecule has 1 atom stereocenters. The molecular weight excluding hydrogens is 464 g/mol. The predicted molar refractivity (Wildman–Crippen MR) is 139 cm³/mol. The fraction of sp³-hybridized carbons (Fsp3) is 0.148. The summed E-state index contributed by atoms with van der Waals surface area (Å²) in [5, 5.41) is 9.03. The first kappa shape index (κ1) is 22.3. The first-order chi connectivity index (χ1) is 16.5. The lowest BCUT2D eigenvalue weighted by Gasteiger charge is -2.37. The average Bonchev–Trinajstić information content (AvgIpc) is 3.32. The molecule has 1 N–H and O–H groups in total. The second kappa shape index (κ2) is 9.41. The topological polar surface area (TPSA) is 54.2 Å². The van der Waals surface area contributed by atoms with E-state index in [0.29, 0.717) is 28.4 Å². The average molecular weight is 487 g/mol. The minimum atomic E-state index is -0.274. The van der Waals surface area contributed by atoms with Crippen molar-refractivity contribution in [2.24, 2.45) is 0 Å². The minimum absolute atomic E-state index is 0.274. The molecule has 1 aromatic heterocycles. The number of rotatable bonds is 5. The quantitative estimate of drug-likeness (QED) is 0.322. The minimum Gasteiger partial charge on any atom is -0.351 e. The van der Waals surface area contributed by atoms with Gasteiger partial charge in [0.15, 0.2) is 5.11 Å². The number of hydrogen-bond donors (Lipinski definition) is 1. The lowest BCUT2D eigenvalue weighted by molar-refractivity contribution is 0.396. The predicted octanol–water partition coefficient (Wildman–Crippen LogP) is 6.56. The molecule has 1 unspecified atom stereocenters. The summed E-state index contributed by atoms with van der Waals surface area (Å²) in [4.78, 5) is 6.83. The summed E-state index contributed by atoms with van der Waals surface area (Å²) in [6.45, 7) is 4.76. The molecule has 4 aromatic rings. The molecule has 170 valence electrons. The van der Waals surface area contributed by atoms with Crippen LogP contribution in [0.3, 0.4) is 0 Å². The van der Waals surface area contributed by atoms with Gasteiger partial charge in [-0.15, -0.1) is 0 Å². The smallest absolute Gasteiger partial charge is 0.258 e. The summed E-state index contributed by atoms with van der Waals surface area (Å²) in [5.41, 5.74) is 6.07. The van der Waals surface area contributed by atoms with Crippen molar-refractivity contribution in [3.8, 4) is 11.4 Å². The summed E-state index contributed by atoms with van der Waals surface area (Å²) in [6, 6.07) is 25.7. The molecule has 0 aliphatic carbocycles. The second-order valence-electron chi connectivity index (χ2n) is 8.30. The van der Waals surface area contributed by atoms with Gasteiger partial charge in [-0.05, 0) is 49.3 Å². The zero-order valence-corrected chi connectivity index (χ0v) is 20.4. The molecule has 7 heteroatoms. The van der Waals surface area contributed by atoms with Crippen LogP contribution in [-0.4, -0.2) is 20.2 Å². The standard InChI is InChI=1S/C27H23ClN4OS/c1-17-8-6-9-19(14-17)16-32-18(2)23(24(29-27(32)34)21-12-7-13-22(28)15-21)26-30-25(31-33-26)20-10-4-3-5-11-20/h3-15,24H,16H2,1-2H3,(H,29,34). The number of benzene rings is 3. The van der Waals surface area contributed by atoms with Crippen LogP contribution in [-0.2, 0) is 6.54 Å². The molecule has 3 aromatic carbocycles. The van der Waals surface area contributed by atoms with Crippen molar-refractivity contribution in [2.45, 2.75) is 26.4 Å². The molecule has 0 radical (unpaired) electrons. The van der Waals surface area contributed by atoms with Gasteiger partial charge in [0, 0.05) is 22.8 Å². The third kappa shape index (κ3) is 4.47. The first-order valence-electron chi connectivity index (χ1n) is 11.0.